The number of ether oxygens (including phenoxy) is 2. The molecule has 7 nitrogen and oxygen atoms in total. The minimum Gasteiger partial charge on any atom is -0.490 e. The third-order valence-corrected chi connectivity index (χ3v) is 6.18. The highest BCUT2D eigenvalue weighted by atomic mass is 16.6. The maximum absolute atomic E-state index is 13.2. The summed E-state index contributed by atoms with van der Waals surface area (Å²) in [6, 6.07) is 17.8. The van der Waals surface area contributed by atoms with E-state index in [1.54, 1.807) is 0 Å². The fourth-order valence-corrected chi connectivity index (χ4v) is 4.76. The SMILES string of the molecule is O=C(CN1CCN2C(=O)OCC2(Cc2ccccc2)C1)N1CCOc2ccccc21. The second kappa shape index (κ2) is 7.65. The van der Waals surface area contributed by atoms with Gasteiger partial charge in [-0.3, -0.25) is 14.6 Å². The highest BCUT2D eigenvalue weighted by Gasteiger charge is 2.51. The van der Waals surface area contributed by atoms with Gasteiger partial charge in [0.05, 0.1) is 24.3 Å². The number of benzene rings is 2. The molecule has 2 saturated heterocycles. The van der Waals surface area contributed by atoms with Crippen LogP contribution in [0.1, 0.15) is 5.56 Å². The smallest absolute Gasteiger partial charge is 0.410 e. The topological polar surface area (TPSA) is 62.3 Å². The molecule has 3 aliphatic rings. The van der Waals surface area contributed by atoms with Crippen LogP contribution < -0.4 is 9.64 Å². The summed E-state index contributed by atoms with van der Waals surface area (Å²) >= 11 is 0. The quantitative estimate of drug-likeness (QED) is 0.777. The maximum Gasteiger partial charge on any atom is 0.410 e. The Morgan fingerprint density at radius 1 is 0.967 bits per heavy atom. The van der Waals surface area contributed by atoms with E-state index in [1.807, 2.05) is 52.3 Å². The summed E-state index contributed by atoms with van der Waals surface area (Å²) in [6.45, 7) is 3.55. The predicted octanol–water partition coefficient (Wildman–Crippen LogP) is 2.16. The van der Waals surface area contributed by atoms with Crippen molar-refractivity contribution in [2.45, 2.75) is 12.0 Å². The first-order valence-electron chi connectivity index (χ1n) is 10.4. The number of carbonyl (C=O) groups is 2. The lowest BCUT2D eigenvalue weighted by Crippen LogP contribution is -2.63. The number of rotatable bonds is 4. The van der Waals surface area contributed by atoms with Gasteiger partial charge in [-0.15, -0.1) is 0 Å². The summed E-state index contributed by atoms with van der Waals surface area (Å²) in [5.74, 6) is 0.802. The molecule has 0 saturated carbocycles. The van der Waals surface area contributed by atoms with Crippen LogP contribution in [-0.2, 0) is 16.0 Å². The molecule has 3 aliphatic heterocycles. The van der Waals surface area contributed by atoms with Crippen molar-refractivity contribution >= 4 is 17.7 Å². The van der Waals surface area contributed by atoms with Crippen molar-refractivity contribution in [2.24, 2.45) is 0 Å². The Kier molecular flexibility index (Phi) is 4.83. The minimum absolute atomic E-state index is 0.0549. The van der Waals surface area contributed by atoms with Crippen molar-refractivity contribution in [3.63, 3.8) is 0 Å². The van der Waals surface area contributed by atoms with Crippen LogP contribution in [0.15, 0.2) is 54.6 Å². The Hall–Kier alpha value is -3.06. The van der Waals surface area contributed by atoms with Gasteiger partial charge >= 0.3 is 6.09 Å². The normalized spacial score (nSPS) is 23.4. The molecule has 1 atom stereocenters. The largest absolute Gasteiger partial charge is 0.490 e. The zero-order valence-electron chi connectivity index (χ0n) is 16.8. The average molecular weight is 407 g/mol. The molecule has 2 amide bonds. The third kappa shape index (κ3) is 3.39. The molecule has 0 N–H and O–H groups in total. The highest BCUT2D eigenvalue weighted by molar-refractivity contribution is 5.96. The van der Waals surface area contributed by atoms with Gasteiger partial charge in [0.1, 0.15) is 19.0 Å². The number of para-hydroxylation sites is 2. The van der Waals surface area contributed by atoms with Gasteiger partial charge in [-0.2, -0.15) is 0 Å². The van der Waals surface area contributed by atoms with Crippen molar-refractivity contribution in [1.82, 2.24) is 9.80 Å². The first kappa shape index (κ1) is 18.9. The van der Waals surface area contributed by atoms with Crippen molar-refractivity contribution < 1.29 is 19.1 Å². The Bertz CT molecular complexity index is 950. The van der Waals surface area contributed by atoms with Crippen LogP contribution in [0.25, 0.3) is 0 Å². The van der Waals surface area contributed by atoms with Crippen LogP contribution in [0.5, 0.6) is 5.75 Å². The number of hydrogen-bond donors (Lipinski definition) is 0. The van der Waals surface area contributed by atoms with Crippen molar-refractivity contribution in [1.29, 1.82) is 0 Å². The summed E-state index contributed by atoms with van der Waals surface area (Å²) in [5.41, 5.74) is 1.56. The average Bonchev–Trinajstić information content (AvgIpc) is 3.09. The zero-order chi connectivity index (χ0) is 20.6. The predicted molar refractivity (Wildman–Crippen MR) is 112 cm³/mol. The van der Waals surface area contributed by atoms with E-state index < -0.39 is 5.54 Å². The molecule has 2 aromatic carbocycles. The van der Waals surface area contributed by atoms with Gasteiger partial charge in [0, 0.05) is 26.1 Å². The Morgan fingerprint density at radius 3 is 2.63 bits per heavy atom. The summed E-state index contributed by atoms with van der Waals surface area (Å²) in [7, 11) is 0. The van der Waals surface area contributed by atoms with E-state index in [1.165, 1.54) is 0 Å². The molecule has 0 aromatic heterocycles. The second-order valence-corrected chi connectivity index (χ2v) is 8.17. The summed E-state index contributed by atoms with van der Waals surface area (Å²) in [6.07, 6.45) is 0.462. The van der Waals surface area contributed by atoms with Crippen LogP contribution >= 0.6 is 0 Å². The molecule has 1 unspecified atom stereocenters. The number of hydrogen-bond acceptors (Lipinski definition) is 5. The van der Waals surface area contributed by atoms with E-state index in [-0.39, 0.29) is 12.0 Å². The third-order valence-electron chi connectivity index (χ3n) is 6.18. The van der Waals surface area contributed by atoms with Gasteiger partial charge in [-0.25, -0.2) is 4.79 Å². The number of piperazine rings is 1. The summed E-state index contributed by atoms with van der Waals surface area (Å²) in [4.78, 5) is 31.3. The van der Waals surface area contributed by atoms with Gasteiger partial charge in [0.25, 0.3) is 0 Å². The Balaban J connectivity index is 1.33. The molecule has 2 aromatic rings. The Morgan fingerprint density at radius 2 is 1.77 bits per heavy atom. The van der Waals surface area contributed by atoms with Crippen LogP contribution in [0.2, 0.25) is 0 Å². The number of carbonyl (C=O) groups excluding carboxylic acids is 2. The van der Waals surface area contributed by atoms with E-state index in [2.05, 4.69) is 17.0 Å². The second-order valence-electron chi connectivity index (χ2n) is 8.17. The molecule has 7 heteroatoms. The molecule has 2 fully saturated rings. The fourth-order valence-electron chi connectivity index (χ4n) is 4.76. The Labute approximate surface area is 175 Å². The first-order chi connectivity index (χ1) is 14.6. The van der Waals surface area contributed by atoms with Crippen molar-refractivity contribution in [3.05, 3.63) is 60.2 Å². The molecule has 0 aliphatic carbocycles. The minimum atomic E-state index is -0.431. The van der Waals surface area contributed by atoms with Crippen molar-refractivity contribution in [2.75, 3.05) is 50.8 Å². The number of fused-ring (bicyclic) bond motifs is 2. The number of cyclic esters (lactones) is 1. The molecule has 156 valence electrons. The monoisotopic (exact) mass is 407 g/mol. The maximum atomic E-state index is 13.2. The zero-order valence-corrected chi connectivity index (χ0v) is 16.8. The van der Waals surface area contributed by atoms with Crippen LogP contribution in [0.3, 0.4) is 0 Å². The van der Waals surface area contributed by atoms with Gasteiger partial charge in [-0.05, 0) is 17.7 Å². The van der Waals surface area contributed by atoms with Crippen LogP contribution in [-0.4, -0.2) is 73.3 Å². The van der Waals surface area contributed by atoms with Gasteiger partial charge in [0.15, 0.2) is 0 Å². The van der Waals surface area contributed by atoms with Gasteiger partial charge in [-0.1, -0.05) is 42.5 Å². The molecule has 0 radical (unpaired) electrons. The number of anilines is 1. The molecule has 3 heterocycles. The molecular formula is C23H25N3O4. The van der Waals surface area contributed by atoms with Crippen LogP contribution in [0, 0.1) is 0 Å². The van der Waals surface area contributed by atoms with E-state index in [9.17, 15) is 9.59 Å². The molecule has 0 spiro atoms. The first-order valence-corrected chi connectivity index (χ1v) is 10.4. The van der Waals surface area contributed by atoms with Gasteiger partial charge in [0.2, 0.25) is 5.91 Å². The van der Waals surface area contributed by atoms with E-state index >= 15 is 0 Å². The molecule has 30 heavy (non-hydrogen) atoms. The number of amides is 2. The van der Waals surface area contributed by atoms with E-state index in [4.69, 9.17) is 9.47 Å². The lowest BCUT2D eigenvalue weighted by Gasteiger charge is -2.45. The standard InChI is InChI=1S/C23H25N3O4/c27-21(25-12-13-29-20-9-5-4-8-19(20)25)15-24-10-11-26-22(28)30-17-23(26,16-24)14-18-6-2-1-3-7-18/h1-9H,10-17H2. The fraction of sp³-hybridized carbons (Fsp3) is 0.391. The summed E-state index contributed by atoms with van der Waals surface area (Å²) in [5, 5.41) is 0. The summed E-state index contributed by atoms with van der Waals surface area (Å²) < 4.78 is 11.1. The lowest BCUT2D eigenvalue weighted by molar-refractivity contribution is -0.121. The highest BCUT2D eigenvalue weighted by Crippen LogP contribution is 2.34. The molecule has 0 bridgehead atoms. The van der Waals surface area contributed by atoms with E-state index in [0.717, 1.165) is 17.0 Å². The van der Waals surface area contributed by atoms with E-state index in [0.29, 0.717) is 52.4 Å². The van der Waals surface area contributed by atoms with Crippen molar-refractivity contribution in [3.8, 4) is 5.75 Å². The van der Waals surface area contributed by atoms with Crippen LogP contribution in [0.4, 0.5) is 10.5 Å². The molecular weight excluding hydrogens is 382 g/mol. The number of nitrogens with zero attached hydrogens (tertiary/aromatic N) is 3. The molecule has 5 rings (SSSR count). The van der Waals surface area contributed by atoms with Gasteiger partial charge < -0.3 is 14.4 Å². The lowest BCUT2D eigenvalue weighted by atomic mass is 9.88.